The van der Waals surface area contributed by atoms with E-state index in [0.29, 0.717) is 79.0 Å². The van der Waals surface area contributed by atoms with E-state index in [1.807, 2.05) is 54.2 Å². The molecule has 10 nitrogen and oxygen atoms in total. The zero-order valence-corrected chi connectivity index (χ0v) is 34.8. The van der Waals surface area contributed by atoms with Crippen LogP contribution in [0.15, 0.2) is 91.1 Å². The zero-order chi connectivity index (χ0) is 40.5. The van der Waals surface area contributed by atoms with Crippen LogP contribution in [0, 0.1) is 0 Å². The van der Waals surface area contributed by atoms with Crippen molar-refractivity contribution in [3.05, 3.63) is 119 Å². The molecule has 2 aromatic carbocycles. The maximum absolute atomic E-state index is 14.0. The fourth-order valence-electron chi connectivity index (χ4n) is 6.30. The molecule has 56 heavy (non-hydrogen) atoms. The van der Waals surface area contributed by atoms with Crippen molar-refractivity contribution in [2.24, 2.45) is 14.1 Å². The Morgan fingerprint density at radius 2 is 1.18 bits per heavy atom. The maximum Gasteiger partial charge on any atom is 0.303 e. The quantitative estimate of drug-likeness (QED) is 0.0685. The van der Waals surface area contributed by atoms with Crippen LogP contribution < -0.4 is 0 Å². The third-order valence-corrected chi connectivity index (χ3v) is 13.7. The summed E-state index contributed by atoms with van der Waals surface area (Å²) in [5.74, 6) is -1.18. The predicted octanol–water partition coefficient (Wildman–Crippen LogP) is 9.46. The number of hydrogen-bond acceptors (Lipinski definition) is 10. The van der Waals surface area contributed by atoms with Gasteiger partial charge in [-0.1, -0.05) is 114 Å². The Hall–Kier alpha value is -3.98. The summed E-state index contributed by atoms with van der Waals surface area (Å²) in [6, 6.07) is 25.1. The van der Waals surface area contributed by atoms with Gasteiger partial charge in [0.2, 0.25) is 20.5 Å². The van der Waals surface area contributed by atoms with Crippen molar-refractivity contribution >= 4 is 79.4 Å². The van der Waals surface area contributed by atoms with E-state index < -0.39 is 11.9 Å². The topological polar surface area (TPSA) is 153 Å². The average molecular weight is 837 g/mol. The largest absolute Gasteiger partial charge is 0.481 e. The number of benzene rings is 2. The van der Waals surface area contributed by atoms with Crippen molar-refractivity contribution in [2.75, 3.05) is 11.5 Å². The van der Waals surface area contributed by atoms with E-state index in [9.17, 15) is 33.9 Å². The monoisotopic (exact) mass is 836 g/mol. The number of rotatable bonds is 23. The molecule has 3 atom stereocenters. The number of carbonyl (C=O) groups is 6. The van der Waals surface area contributed by atoms with Crippen molar-refractivity contribution in [3.8, 4) is 0 Å². The second-order valence-electron chi connectivity index (χ2n) is 13.3. The van der Waals surface area contributed by atoms with E-state index >= 15 is 0 Å². The molecule has 4 rings (SSSR count). The Bertz CT molecular complexity index is 1930. The molecule has 0 bridgehead atoms. The average Bonchev–Trinajstić information content (AvgIpc) is 3.79. The SMILES string of the molecule is Cn1cccc1C(=O)SCCC(CCCCC(=O)O)SC(=O)c1ccc(C(CCCC(=O)O)C(CCSC(=O)c2ccccc2)SC(=O)c2ccccc2)n1C. The smallest absolute Gasteiger partial charge is 0.303 e. The highest BCUT2D eigenvalue weighted by Crippen LogP contribution is 2.39. The molecule has 3 unspecified atom stereocenters. The molecule has 298 valence electrons. The first-order valence-electron chi connectivity index (χ1n) is 18.5. The van der Waals surface area contributed by atoms with E-state index in [4.69, 9.17) is 5.11 Å². The van der Waals surface area contributed by atoms with Crippen LogP contribution in [0.25, 0.3) is 0 Å². The summed E-state index contributed by atoms with van der Waals surface area (Å²) < 4.78 is 3.60. The Morgan fingerprint density at radius 3 is 1.80 bits per heavy atom. The number of thioether (sulfide) groups is 4. The Kier molecular flexibility index (Phi) is 18.6. The number of carboxylic acid groups (broad SMARTS) is 2. The van der Waals surface area contributed by atoms with Crippen LogP contribution >= 0.6 is 47.0 Å². The van der Waals surface area contributed by atoms with Crippen molar-refractivity contribution in [3.63, 3.8) is 0 Å². The van der Waals surface area contributed by atoms with E-state index in [-0.39, 0.29) is 49.7 Å². The van der Waals surface area contributed by atoms with Gasteiger partial charge in [-0.05, 0) is 62.8 Å². The highest BCUT2D eigenvalue weighted by Gasteiger charge is 2.31. The highest BCUT2D eigenvalue weighted by atomic mass is 32.2. The van der Waals surface area contributed by atoms with Crippen LogP contribution in [-0.4, -0.2) is 73.8 Å². The molecule has 0 aliphatic carbocycles. The van der Waals surface area contributed by atoms with Crippen molar-refractivity contribution in [2.45, 2.75) is 74.2 Å². The van der Waals surface area contributed by atoms with Gasteiger partial charge in [-0.15, -0.1) is 0 Å². The molecule has 0 radical (unpaired) electrons. The number of aryl methyl sites for hydroxylation is 1. The minimum Gasteiger partial charge on any atom is -0.481 e. The highest BCUT2D eigenvalue weighted by molar-refractivity contribution is 8.15. The van der Waals surface area contributed by atoms with Gasteiger partial charge in [0.15, 0.2) is 0 Å². The maximum atomic E-state index is 14.0. The number of carbonyl (C=O) groups excluding carboxylic acids is 4. The van der Waals surface area contributed by atoms with E-state index in [1.165, 1.54) is 47.0 Å². The lowest BCUT2D eigenvalue weighted by Crippen LogP contribution is -2.22. The first-order chi connectivity index (χ1) is 26.9. The van der Waals surface area contributed by atoms with Crippen molar-refractivity contribution in [1.29, 1.82) is 0 Å². The number of unbranched alkanes of at least 4 members (excludes halogenated alkanes) is 1. The number of carboxylic acids is 2. The number of aliphatic carboxylic acids is 2. The van der Waals surface area contributed by atoms with E-state index in [2.05, 4.69) is 0 Å². The minimum atomic E-state index is -0.922. The lowest BCUT2D eigenvalue weighted by atomic mass is 9.93. The van der Waals surface area contributed by atoms with Gasteiger partial charge in [0.25, 0.3) is 0 Å². The summed E-state index contributed by atoms with van der Waals surface area (Å²) in [7, 11) is 3.62. The van der Waals surface area contributed by atoms with Crippen molar-refractivity contribution in [1.82, 2.24) is 9.13 Å². The predicted molar refractivity (Wildman–Crippen MR) is 228 cm³/mol. The standard InChI is InChI=1S/C42H48N2O8S4/c1-43-26-12-19-34(43)41(51)54-27-24-31(17-9-10-20-37(45)46)55-42(52)35-23-22-33(44(35)2)32(18-11-21-38(47)48)36(56-40(50)30-15-7-4-8-16-30)25-28-53-39(49)29-13-5-3-6-14-29/h3-8,12-16,19,22-23,26,31-32,36H,9-11,17-18,20-21,24-25,27-28H2,1-2H3,(H,45,46)(H,47,48). The molecule has 0 spiro atoms. The molecule has 0 aliphatic heterocycles. The van der Waals surface area contributed by atoms with Crippen LogP contribution in [0.4, 0.5) is 0 Å². The second-order valence-corrected chi connectivity index (χ2v) is 17.9. The molecule has 0 saturated carbocycles. The summed E-state index contributed by atoms with van der Waals surface area (Å²) in [5, 5.41) is 17.7. The fourth-order valence-corrected chi connectivity index (χ4v) is 10.8. The summed E-state index contributed by atoms with van der Waals surface area (Å²) in [6.45, 7) is 0. The van der Waals surface area contributed by atoms with Gasteiger partial charge >= 0.3 is 11.9 Å². The van der Waals surface area contributed by atoms with Crippen LogP contribution in [-0.2, 0) is 23.7 Å². The molecule has 0 aliphatic rings. The Morgan fingerprint density at radius 1 is 0.571 bits per heavy atom. The second kappa shape index (κ2) is 23.3. The normalized spacial score (nSPS) is 12.8. The molecular formula is C42H48N2O8S4. The summed E-state index contributed by atoms with van der Waals surface area (Å²) in [4.78, 5) is 76.2. The number of nitrogens with zero attached hydrogens (tertiary/aromatic N) is 2. The molecule has 2 heterocycles. The van der Waals surface area contributed by atoms with Crippen LogP contribution in [0.5, 0.6) is 0 Å². The molecule has 0 fully saturated rings. The third kappa shape index (κ3) is 14.2. The lowest BCUT2D eigenvalue weighted by Gasteiger charge is -2.27. The molecule has 4 aromatic rings. The first-order valence-corrected chi connectivity index (χ1v) is 22.2. The van der Waals surface area contributed by atoms with Gasteiger partial charge in [-0.25, -0.2) is 0 Å². The molecule has 0 saturated heterocycles. The fraction of sp³-hybridized carbons (Fsp3) is 0.381. The van der Waals surface area contributed by atoms with Gasteiger partial charge in [0, 0.05) is 77.9 Å². The summed E-state index contributed by atoms with van der Waals surface area (Å²) >= 11 is 4.75. The van der Waals surface area contributed by atoms with Crippen LogP contribution in [0.2, 0.25) is 0 Å². The van der Waals surface area contributed by atoms with Gasteiger partial charge in [-0.2, -0.15) is 0 Å². The van der Waals surface area contributed by atoms with Crippen LogP contribution in [0.1, 0.15) is 111 Å². The molecule has 2 N–H and O–H groups in total. The van der Waals surface area contributed by atoms with Gasteiger partial charge in [0.1, 0.15) is 0 Å². The molecule has 14 heteroatoms. The van der Waals surface area contributed by atoms with Gasteiger partial charge < -0.3 is 19.3 Å². The third-order valence-electron chi connectivity index (χ3n) is 9.28. The Labute approximate surface area is 345 Å². The molecule has 0 amide bonds. The van der Waals surface area contributed by atoms with Gasteiger partial charge in [0.05, 0.1) is 11.4 Å². The molecular weight excluding hydrogens is 789 g/mol. The van der Waals surface area contributed by atoms with Crippen LogP contribution in [0.3, 0.4) is 0 Å². The first kappa shape index (κ1) is 44.7. The number of hydrogen-bond donors (Lipinski definition) is 2. The Balaban J connectivity index is 1.55. The van der Waals surface area contributed by atoms with Gasteiger partial charge in [-0.3, -0.25) is 28.8 Å². The molecule has 2 aromatic heterocycles. The van der Waals surface area contributed by atoms with E-state index in [0.717, 1.165) is 5.69 Å². The zero-order valence-electron chi connectivity index (χ0n) is 31.5. The lowest BCUT2D eigenvalue weighted by molar-refractivity contribution is -0.138. The number of aromatic nitrogens is 2. The van der Waals surface area contributed by atoms with E-state index in [1.54, 1.807) is 60.1 Å². The summed E-state index contributed by atoms with van der Waals surface area (Å²) in [5.41, 5.74) is 2.96. The summed E-state index contributed by atoms with van der Waals surface area (Å²) in [6.07, 6.45) is 5.36. The minimum absolute atomic E-state index is 0.0430. The van der Waals surface area contributed by atoms with Crippen molar-refractivity contribution < 1.29 is 39.0 Å².